The molecule has 1 aliphatic heterocycles. The number of unbranched alkanes of at least 4 members (excludes halogenated alkanes) is 25. The number of hydrogen-bond acceptors (Lipinski definition) is 0. The number of benzene rings is 2. The Balaban J connectivity index is 0.000000655. The fraction of sp³-hybridized carbons (Fsp3) is 0.729. The quantitative estimate of drug-likeness (QED) is 0.0363. The van der Waals surface area contributed by atoms with Crippen LogP contribution in [0.5, 0.6) is 0 Å². The van der Waals surface area contributed by atoms with E-state index in [9.17, 15) is 5.53 Å². The second-order valence-electron chi connectivity index (χ2n) is 18.7. The molecule has 0 bridgehead atoms. The van der Waals surface area contributed by atoms with E-state index in [4.69, 9.17) is 0 Å². The molecule has 0 aliphatic carbocycles. The van der Waals surface area contributed by atoms with Crippen molar-refractivity contribution in [3.63, 3.8) is 0 Å². The Morgan fingerprint density at radius 3 is 1.03 bits per heavy atom. The van der Waals surface area contributed by atoms with Gasteiger partial charge in [-0.25, -0.2) is 4.70 Å². The zero-order valence-corrected chi connectivity index (χ0v) is 43.5. The first kappa shape index (κ1) is 56.3. The molecule has 62 heavy (non-hydrogen) atoms. The van der Waals surface area contributed by atoms with E-state index in [-0.39, 0.29) is 0 Å². The van der Waals surface area contributed by atoms with Gasteiger partial charge >= 0.3 is 119 Å². The van der Waals surface area contributed by atoms with Crippen LogP contribution in [0.3, 0.4) is 0 Å². The van der Waals surface area contributed by atoms with Gasteiger partial charge in [0.1, 0.15) is 0 Å². The first-order valence-electron chi connectivity index (χ1n) is 27.1. The van der Waals surface area contributed by atoms with Crippen molar-refractivity contribution in [2.75, 3.05) is 0 Å². The van der Waals surface area contributed by atoms with Gasteiger partial charge in [0.2, 0.25) is 11.4 Å². The Morgan fingerprint density at radius 2 is 0.645 bits per heavy atom. The van der Waals surface area contributed by atoms with Crippen LogP contribution in [0.4, 0.5) is 0 Å². The molecule has 0 radical (unpaired) electrons. The van der Waals surface area contributed by atoms with Crippen LogP contribution in [-0.2, 0) is 30.8 Å². The summed E-state index contributed by atoms with van der Waals surface area (Å²) in [5.74, 6) is 0. The minimum atomic E-state index is 1.03. The van der Waals surface area contributed by atoms with Crippen molar-refractivity contribution in [1.29, 1.82) is 0 Å². The third-order valence-electron chi connectivity index (χ3n) is 12.9. The van der Waals surface area contributed by atoms with Gasteiger partial charge in [0, 0.05) is 22.3 Å². The molecule has 2 aromatic rings. The molecule has 1 heterocycles. The molecule has 3 heteroatoms. The average molecular weight is 944 g/mol. The van der Waals surface area contributed by atoms with Gasteiger partial charge in [0.25, 0.3) is 0 Å². The Hall–Kier alpha value is -1.82. The third-order valence-corrected chi connectivity index (χ3v) is 15.1. The van der Waals surface area contributed by atoms with E-state index >= 15 is 0 Å². The van der Waals surface area contributed by atoms with Crippen molar-refractivity contribution in [2.24, 2.45) is 0 Å². The van der Waals surface area contributed by atoms with Gasteiger partial charge in [-0.2, -0.15) is 0 Å². The van der Waals surface area contributed by atoms with E-state index in [1.165, 1.54) is 242 Å². The molecule has 0 saturated heterocycles. The standard InChI is InChI=1S/C43H66N2.2C8H17.Pd/c1-5-9-13-16-18-21-26-36-28-24-30-38(34-36)42-40(32-20-12-8-4)41(33-23-15-11-7-3)43(45(42)44)39-31-25-29-37(35-39)27-22-19-17-14-10-6-2;2*1-3-5-7-8-6-4-2;/h24-25,28-31,34-35H,5-23,26-27,32-33H2,1-4H3;2*1,3-8H2,2H3;. The molecule has 0 amide bonds. The van der Waals surface area contributed by atoms with Crippen LogP contribution in [0.1, 0.15) is 276 Å². The monoisotopic (exact) mass is 943 g/mol. The Morgan fingerprint density at radius 1 is 0.355 bits per heavy atom. The summed E-state index contributed by atoms with van der Waals surface area (Å²) < 4.78 is 1.60. The molecule has 0 spiro atoms. The summed E-state index contributed by atoms with van der Waals surface area (Å²) in [7, 11) is 0. The second-order valence-corrected chi connectivity index (χ2v) is 21.0. The molecule has 2 aromatic carbocycles. The molecule has 356 valence electrons. The van der Waals surface area contributed by atoms with Crippen LogP contribution in [0.2, 0.25) is 9.79 Å². The summed E-state index contributed by atoms with van der Waals surface area (Å²) in [6, 6.07) is 18.2. The summed E-state index contributed by atoms with van der Waals surface area (Å²) in [5.41, 5.74) is 22.2. The van der Waals surface area contributed by atoms with Crippen LogP contribution in [0.15, 0.2) is 59.7 Å². The van der Waals surface area contributed by atoms with Crippen molar-refractivity contribution >= 4 is 11.4 Å². The SMILES string of the molecule is CCCCCCCCc1cccc(C2=C(CCCCC)C(CCCCCC)=C(c3cccc(CCCCCCCC)c3)[N+]2=[N-])c1.CCCCCCC[CH2][Pd][CH2]CCCCCCC. The van der Waals surface area contributed by atoms with Gasteiger partial charge in [-0.15, -0.1) is 0 Å². The van der Waals surface area contributed by atoms with E-state index in [0.29, 0.717) is 0 Å². The second kappa shape index (κ2) is 39.5. The van der Waals surface area contributed by atoms with Gasteiger partial charge in [0.05, 0.1) is 0 Å². The molecule has 0 aromatic heterocycles. The molecule has 0 saturated carbocycles. The van der Waals surface area contributed by atoms with Crippen LogP contribution in [0.25, 0.3) is 16.9 Å². The summed E-state index contributed by atoms with van der Waals surface area (Å²) >= 11 is 1.07. The van der Waals surface area contributed by atoms with Crippen molar-refractivity contribution in [2.45, 2.75) is 276 Å². The number of aryl methyl sites for hydroxylation is 2. The number of rotatable bonds is 39. The van der Waals surface area contributed by atoms with Gasteiger partial charge in [-0.3, -0.25) is 0 Å². The van der Waals surface area contributed by atoms with Crippen LogP contribution >= 0.6 is 0 Å². The van der Waals surface area contributed by atoms with E-state index in [1.807, 2.05) is 0 Å². The maximum absolute atomic E-state index is 12.1. The summed E-state index contributed by atoms with van der Waals surface area (Å²) in [5, 5.41) is 0. The van der Waals surface area contributed by atoms with E-state index < -0.39 is 0 Å². The van der Waals surface area contributed by atoms with Gasteiger partial charge < -0.3 is 5.53 Å². The zero-order valence-electron chi connectivity index (χ0n) is 42.0. The van der Waals surface area contributed by atoms with Crippen LogP contribution < -0.4 is 0 Å². The Labute approximate surface area is 395 Å². The van der Waals surface area contributed by atoms with Crippen molar-refractivity contribution < 1.29 is 22.7 Å². The van der Waals surface area contributed by atoms with Crippen LogP contribution in [0, 0.1) is 0 Å². The number of nitrogens with zero attached hydrogens (tertiary/aromatic N) is 2. The molecule has 1 aliphatic rings. The van der Waals surface area contributed by atoms with Gasteiger partial charge in [-0.05, 0) is 86.8 Å². The topological polar surface area (TPSA) is 25.3 Å². The van der Waals surface area contributed by atoms with Gasteiger partial charge in [-0.1, -0.05) is 148 Å². The molecule has 0 atom stereocenters. The predicted molar refractivity (Wildman–Crippen MR) is 274 cm³/mol. The molecule has 0 fully saturated rings. The van der Waals surface area contributed by atoms with Crippen molar-refractivity contribution in [1.82, 2.24) is 0 Å². The Kier molecular flexibility index (Phi) is 35.9. The van der Waals surface area contributed by atoms with E-state index in [0.717, 1.165) is 55.1 Å². The summed E-state index contributed by atoms with van der Waals surface area (Å²) in [6.07, 6.45) is 46.3. The minimum absolute atomic E-state index is 1.03. The predicted octanol–water partition coefficient (Wildman–Crippen LogP) is 20.8. The van der Waals surface area contributed by atoms with E-state index in [1.54, 1.807) is 4.70 Å². The first-order chi connectivity index (χ1) is 30.6. The molecular formula is C59H100N2Pd. The third kappa shape index (κ3) is 25.0. The zero-order chi connectivity index (χ0) is 44.7. The molecule has 0 N–H and O–H groups in total. The van der Waals surface area contributed by atoms with Crippen molar-refractivity contribution in [3.05, 3.63) is 87.5 Å². The molecular weight excluding hydrogens is 843 g/mol. The Bertz CT molecular complexity index is 1440. The summed E-state index contributed by atoms with van der Waals surface area (Å²) in [6.45, 7) is 13.7. The molecule has 2 nitrogen and oxygen atoms in total. The van der Waals surface area contributed by atoms with Crippen LogP contribution in [-0.4, -0.2) is 4.70 Å². The average Bonchev–Trinajstić information content (AvgIpc) is 3.56. The maximum atomic E-state index is 12.1. The molecule has 3 rings (SSSR count). The first-order valence-corrected chi connectivity index (χ1v) is 29.3. The summed E-state index contributed by atoms with van der Waals surface area (Å²) in [4.78, 5) is 3.07. The number of allylic oxidation sites excluding steroid dienone is 2. The van der Waals surface area contributed by atoms with E-state index in [2.05, 4.69) is 90.1 Å². The number of hydrogen-bond donors (Lipinski definition) is 0. The van der Waals surface area contributed by atoms with Gasteiger partial charge in [0.15, 0.2) is 0 Å². The molecule has 0 unspecified atom stereocenters. The van der Waals surface area contributed by atoms with Crippen molar-refractivity contribution in [3.8, 4) is 0 Å². The normalized spacial score (nSPS) is 12.8. The fourth-order valence-corrected chi connectivity index (χ4v) is 10.9. The fourth-order valence-electron chi connectivity index (χ4n) is 8.99.